The molecule has 0 radical (unpaired) electrons. The smallest absolute Gasteiger partial charge is 0.329 e. The first-order valence-electron chi connectivity index (χ1n) is 6.63. The summed E-state index contributed by atoms with van der Waals surface area (Å²) in [6.07, 6.45) is -3.68. The van der Waals surface area contributed by atoms with Crippen LogP contribution in [-0.2, 0) is 6.18 Å². The Morgan fingerprint density at radius 3 is 2.60 bits per heavy atom. The molecule has 0 bridgehead atoms. The van der Waals surface area contributed by atoms with Crippen molar-refractivity contribution in [2.75, 3.05) is 19.6 Å². The lowest BCUT2D eigenvalue weighted by atomic mass is 10.0. The molecule has 1 fully saturated rings. The van der Waals surface area contributed by atoms with Crippen molar-refractivity contribution in [1.82, 2.24) is 4.90 Å². The molecule has 1 saturated heterocycles. The van der Waals surface area contributed by atoms with Gasteiger partial charge in [0.25, 0.3) is 0 Å². The SMILES string of the molecule is CC1CCN(C(CN)c2ccc(F)c(C(F)(F)F)c2)C1. The van der Waals surface area contributed by atoms with E-state index in [-0.39, 0.29) is 12.6 Å². The van der Waals surface area contributed by atoms with Gasteiger partial charge in [0, 0.05) is 19.1 Å². The minimum absolute atomic E-state index is 0.218. The molecule has 0 aliphatic carbocycles. The Labute approximate surface area is 115 Å². The van der Waals surface area contributed by atoms with Crippen molar-refractivity contribution in [3.63, 3.8) is 0 Å². The Morgan fingerprint density at radius 2 is 2.10 bits per heavy atom. The summed E-state index contributed by atoms with van der Waals surface area (Å²) in [5.74, 6) is -0.738. The summed E-state index contributed by atoms with van der Waals surface area (Å²) in [5, 5.41) is 0. The minimum atomic E-state index is -4.68. The molecule has 0 spiro atoms. The number of halogens is 4. The quantitative estimate of drug-likeness (QED) is 0.866. The van der Waals surface area contributed by atoms with Gasteiger partial charge in [-0.05, 0) is 36.6 Å². The predicted molar refractivity (Wildman–Crippen MR) is 68.6 cm³/mol. The monoisotopic (exact) mass is 290 g/mol. The third-order valence-electron chi connectivity index (χ3n) is 3.80. The van der Waals surface area contributed by atoms with Crippen molar-refractivity contribution >= 4 is 0 Å². The summed E-state index contributed by atoms with van der Waals surface area (Å²) in [6, 6.07) is 2.86. The number of hydrogen-bond acceptors (Lipinski definition) is 2. The maximum Gasteiger partial charge on any atom is 0.419 e. The van der Waals surface area contributed by atoms with Gasteiger partial charge in [-0.2, -0.15) is 13.2 Å². The molecule has 0 aromatic heterocycles. The number of hydrogen-bond donors (Lipinski definition) is 1. The van der Waals surface area contributed by atoms with E-state index in [1.54, 1.807) is 0 Å². The van der Waals surface area contributed by atoms with Crippen LogP contribution in [0, 0.1) is 11.7 Å². The first-order valence-corrected chi connectivity index (χ1v) is 6.63. The van der Waals surface area contributed by atoms with Gasteiger partial charge in [-0.15, -0.1) is 0 Å². The molecule has 2 N–H and O–H groups in total. The van der Waals surface area contributed by atoms with Gasteiger partial charge in [0.2, 0.25) is 0 Å². The third-order valence-corrected chi connectivity index (χ3v) is 3.80. The molecule has 2 atom stereocenters. The average molecular weight is 290 g/mol. The molecule has 1 aromatic carbocycles. The highest BCUT2D eigenvalue weighted by molar-refractivity contribution is 5.30. The van der Waals surface area contributed by atoms with Gasteiger partial charge in [-0.3, -0.25) is 4.90 Å². The fourth-order valence-corrected chi connectivity index (χ4v) is 2.72. The van der Waals surface area contributed by atoms with Crippen LogP contribution in [0.25, 0.3) is 0 Å². The molecule has 1 aliphatic rings. The van der Waals surface area contributed by atoms with Crippen LogP contribution in [0.5, 0.6) is 0 Å². The third kappa shape index (κ3) is 3.12. The molecule has 112 valence electrons. The molecule has 1 aliphatic heterocycles. The summed E-state index contributed by atoms with van der Waals surface area (Å²) in [5.41, 5.74) is 4.92. The summed E-state index contributed by atoms with van der Waals surface area (Å²) >= 11 is 0. The van der Waals surface area contributed by atoms with Crippen molar-refractivity contribution in [2.45, 2.75) is 25.6 Å². The maximum absolute atomic E-state index is 13.3. The van der Waals surface area contributed by atoms with Gasteiger partial charge in [-0.1, -0.05) is 13.0 Å². The second kappa shape index (κ2) is 5.69. The first kappa shape index (κ1) is 15.3. The van der Waals surface area contributed by atoms with Crippen LogP contribution in [-0.4, -0.2) is 24.5 Å². The number of nitrogens with zero attached hydrogens (tertiary/aromatic N) is 1. The van der Waals surface area contributed by atoms with Crippen LogP contribution in [0.3, 0.4) is 0 Å². The predicted octanol–water partition coefficient (Wildman–Crippen LogP) is 3.19. The largest absolute Gasteiger partial charge is 0.419 e. The molecule has 20 heavy (non-hydrogen) atoms. The molecule has 0 amide bonds. The fraction of sp³-hybridized carbons (Fsp3) is 0.571. The molecule has 1 aromatic rings. The van der Waals surface area contributed by atoms with E-state index in [9.17, 15) is 17.6 Å². The van der Waals surface area contributed by atoms with E-state index in [2.05, 4.69) is 11.8 Å². The lowest BCUT2D eigenvalue weighted by Gasteiger charge is -2.27. The zero-order valence-corrected chi connectivity index (χ0v) is 11.3. The fourth-order valence-electron chi connectivity index (χ4n) is 2.72. The van der Waals surface area contributed by atoms with Crippen LogP contribution in [0.2, 0.25) is 0 Å². The number of likely N-dealkylation sites (tertiary alicyclic amines) is 1. The Morgan fingerprint density at radius 1 is 1.40 bits per heavy atom. The van der Waals surface area contributed by atoms with Crippen molar-refractivity contribution in [2.24, 2.45) is 11.7 Å². The molecule has 2 unspecified atom stereocenters. The molecular formula is C14H18F4N2. The number of rotatable bonds is 3. The zero-order valence-electron chi connectivity index (χ0n) is 11.3. The van der Waals surface area contributed by atoms with Crippen LogP contribution >= 0.6 is 0 Å². The number of benzene rings is 1. The van der Waals surface area contributed by atoms with Gasteiger partial charge >= 0.3 is 6.18 Å². The summed E-state index contributed by atoms with van der Waals surface area (Å²) in [7, 11) is 0. The molecule has 2 nitrogen and oxygen atoms in total. The van der Waals surface area contributed by atoms with E-state index in [1.807, 2.05) is 0 Å². The highest BCUT2D eigenvalue weighted by Crippen LogP contribution is 2.34. The zero-order chi connectivity index (χ0) is 14.9. The van der Waals surface area contributed by atoms with Gasteiger partial charge < -0.3 is 5.73 Å². The number of alkyl halides is 3. The first-order chi connectivity index (χ1) is 9.32. The summed E-state index contributed by atoms with van der Waals surface area (Å²) in [4.78, 5) is 2.07. The van der Waals surface area contributed by atoms with Crippen molar-refractivity contribution < 1.29 is 17.6 Å². The highest BCUT2D eigenvalue weighted by Gasteiger charge is 2.35. The van der Waals surface area contributed by atoms with E-state index in [0.717, 1.165) is 31.6 Å². The van der Waals surface area contributed by atoms with Crippen LogP contribution in [0.1, 0.15) is 30.5 Å². The Kier molecular flexibility index (Phi) is 4.34. The van der Waals surface area contributed by atoms with Crippen molar-refractivity contribution in [3.05, 3.63) is 35.1 Å². The Balaban J connectivity index is 2.31. The molecule has 2 rings (SSSR count). The minimum Gasteiger partial charge on any atom is -0.329 e. The second-order valence-electron chi connectivity index (χ2n) is 5.38. The topological polar surface area (TPSA) is 29.3 Å². The van der Waals surface area contributed by atoms with E-state index in [0.29, 0.717) is 11.5 Å². The molecule has 0 saturated carbocycles. The second-order valence-corrected chi connectivity index (χ2v) is 5.38. The molecule has 1 heterocycles. The lowest BCUT2D eigenvalue weighted by molar-refractivity contribution is -0.140. The van der Waals surface area contributed by atoms with Crippen molar-refractivity contribution in [3.8, 4) is 0 Å². The summed E-state index contributed by atoms with van der Waals surface area (Å²) in [6.45, 7) is 3.93. The van der Waals surface area contributed by atoms with E-state index in [1.165, 1.54) is 6.07 Å². The van der Waals surface area contributed by atoms with Gasteiger partial charge in [0.1, 0.15) is 5.82 Å². The van der Waals surface area contributed by atoms with Crippen LogP contribution in [0.15, 0.2) is 18.2 Å². The average Bonchev–Trinajstić information content (AvgIpc) is 2.77. The van der Waals surface area contributed by atoms with E-state index in [4.69, 9.17) is 5.73 Å². The van der Waals surface area contributed by atoms with Gasteiger partial charge in [0.05, 0.1) is 5.56 Å². The Hall–Kier alpha value is -1.14. The lowest BCUT2D eigenvalue weighted by Crippen LogP contribution is -2.32. The highest BCUT2D eigenvalue weighted by atomic mass is 19.4. The van der Waals surface area contributed by atoms with E-state index >= 15 is 0 Å². The van der Waals surface area contributed by atoms with E-state index < -0.39 is 17.6 Å². The normalized spacial score (nSPS) is 22.2. The molecule has 6 heteroatoms. The van der Waals surface area contributed by atoms with Crippen LogP contribution < -0.4 is 5.73 Å². The van der Waals surface area contributed by atoms with Gasteiger partial charge in [0.15, 0.2) is 0 Å². The standard InChI is InChI=1S/C14H18F4N2/c1-9-4-5-20(8-9)13(7-19)10-2-3-12(15)11(6-10)14(16,17)18/h2-3,6,9,13H,4-5,7-8,19H2,1H3. The van der Waals surface area contributed by atoms with Gasteiger partial charge in [-0.25, -0.2) is 4.39 Å². The van der Waals surface area contributed by atoms with Crippen LogP contribution in [0.4, 0.5) is 17.6 Å². The number of nitrogens with two attached hydrogens (primary N) is 1. The van der Waals surface area contributed by atoms with Crippen molar-refractivity contribution in [1.29, 1.82) is 0 Å². The molecular weight excluding hydrogens is 272 g/mol. The Bertz CT molecular complexity index is 473. The maximum atomic E-state index is 13.3. The summed E-state index contributed by atoms with van der Waals surface area (Å²) < 4.78 is 51.6.